The van der Waals surface area contributed by atoms with E-state index in [1.807, 2.05) is 0 Å². The standard InChI is InChI=1S/C17H28N4O4S/c1-19(13-8-5-6-9-14(13)26(2,24)25)16(22)12-21-17(23)20-11-7-3-4-10-15(20)18-21/h13-14H,3-12H2,1-2H3/t13-,14-/m1/s1. The Morgan fingerprint density at radius 1 is 1.19 bits per heavy atom. The van der Waals surface area contributed by atoms with Gasteiger partial charge in [0.05, 0.1) is 5.25 Å². The van der Waals surface area contributed by atoms with Crippen molar-refractivity contribution in [3.63, 3.8) is 0 Å². The highest BCUT2D eigenvalue weighted by atomic mass is 32.2. The number of amides is 1. The third-order valence-electron chi connectivity index (χ3n) is 5.68. The number of sulfone groups is 1. The molecule has 3 rings (SSSR count). The maximum absolute atomic E-state index is 12.7. The lowest BCUT2D eigenvalue weighted by molar-refractivity contribution is -0.133. The second-order valence-electron chi connectivity index (χ2n) is 7.54. The Hall–Kier alpha value is -1.64. The lowest BCUT2D eigenvalue weighted by Crippen LogP contribution is -2.50. The maximum Gasteiger partial charge on any atom is 0.346 e. The fraction of sp³-hybridized carbons (Fsp3) is 0.824. The molecule has 146 valence electrons. The number of likely N-dealkylation sites (N-methyl/N-ethyl adjacent to an activating group) is 1. The molecule has 8 nitrogen and oxygen atoms in total. The summed E-state index contributed by atoms with van der Waals surface area (Å²) in [6.45, 7) is 0.513. The summed E-state index contributed by atoms with van der Waals surface area (Å²) in [4.78, 5) is 26.8. The molecule has 0 N–H and O–H groups in total. The van der Waals surface area contributed by atoms with Crippen molar-refractivity contribution in [3.05, 3.63) is 16.3 Å². The number of rotatable bonds is 4. The smallest absolute Gasteiger partial charge is 0.340 e. The Bertz CT molecular complexity index is 826. The number of carbonyl (C=O) groups is 1. The fourth-order valence-electron chi connectivity index (χ4n) is 4.17. The van der Waals surface area contributed by atoms with Crippen molar-refractivity contribution in [2.24, 2.45) is 0 Å². The molecule has 9 heteroatoms. The van der Waals surface area contributed by atoms with Crippen LogP contribution in [0.4, 0.5) is 0 Å². The zero-order valence-electron chi connectivity index (χ0n) is 15.6. The van der Waals surface area contributed by atoms with Crippen LogP contribution in [0.5, 0.6) is 0 Å². The van der Waals surface area contributed by atoms with E-state index in [1.54, 1.807) is 11.6 Å². The highest BCUT2D eigenvalue weighted by Crippen LogP contribution is 2.27. The van der Waals surface area contributed by atoms with Crippen LogP contribution in [-0.4, -0.2) is 58.2 Å². The van der Waals surface area contributed by atoms with Crippen LogP contribution in [0.2, 0.25) is 0 Å². The first-order valence-corrected chi connectivity index (χ1v) is 11.4. The molecule has 1 aromatic heterocycles. The van der Waals surface area contributed by atoms with E-state index < -0.39 is 15.1 Å². The predicted molar refractivity (Wildman–Crippen MR) is 97.7 cm³/mol. The molecule has 0 radical (unpaired) electrons. The van der Waals surface area contributed by atoms with E-state index >= 15 is 0 Å². The number of aromatic nitrogens is 3. The minimum atomic E-state index is -3.22. The first kappa shape index (κ1) is 19.1. The van der Waals surface area contributed by atoms with Crippen molar-refractivity contribution in [1.82, 2.24) is 19.2 Å². The van der Waals surface area contributed by atoms with Gasteiger partial charge >= 0.3 is 5.69 Å². The first-order chi connectivity index (χ1) is 12.3. The number of fused-ring (bicyclic) bond motifs is 1. The quantitative estimate of drug-likeness (QED) is 0.757. The van der Waals surface area contributed by atoms with Crippen LogP contribution in [0.25, 0.3) is 0 Å². The summed E-state index contributed by atoms with van der Waals surface area (Å²) in [5.41, 5.74) is -0.244. The molecule has 1 fully saturated rings. The second kappa shape index (κ2) is 7.54. The van der Waals surface area contributed by atoms with Gasteiger partial charge in [-0.15, -0.1) is 0 Å². The molecule has 26 heavy (non-hydrogen) atoms. The van der Waals surface area contributed by atoms with Gasteiger partial charge in [-0.3, -0.25) is 9.36 Å². The predicted octanol–water partition coefficient (Wildman–Crippen LogP) is 0.585. The molecule has 2 aliphatic rings. The Balaban J connectivity index is 1.76. The zero-order valence-corrected chi connectivity index (χ0v) is 16.4. The monoisotopic (exact) mass is 384 g/mol. The Kier molecular flexibility index (Phi) is 5.55. The van der Waals surface area contributed by atoms with Gasteiger partial charge in [-0.2, -0.15) is 5.10 Å². The van der Waals surface area contributed by atoms with Crippen LogP contribution in [0.1, 0.15) is 50.8 Å². The molecule has 0 unspecified atom stereocenters. The number of carbonyl (C=O) groups excluding carboxylic acids is 1. The molecule has 1 saturated carbocycles. The van der Waals surface area contributed by atoms with Gasteiger partial charge in [0.2, 0.25) is 5.91 Å². The Morgan fingerprint density at radius 2 is 1.92 bits per heavy atom. The molecule has 2 heterocycles. The average Bonchev–Trinajstić information content (AvgIpc) is 2.77. The molecule has 0 spiro atoms. The van der Waals surface area contributed by atoms with Crippen molar-refractivity contribution in [3.8, 4) is 0 Å². The number of hydrogen-bond donors (Lipinski definition) is 0. The molecule has 1 aliphatic carbocycles. The van der Waals surface area contributed by atoms with Crippen LogP contribution in [0.15, 0.2) is 4.79 Å². The number of aryl methyl sites for hydroxylation is 1. The SMILES string of the molecule is CN(C(=O)Cn1nc2n(c1=O)CCCCC2)[C@@H]1CCCC[C@H]1S(C)(=O)=O. The van der Waals surface area contributed by atoms with Gasteiger partial charge in [-0.25, -0.2) is 17.9 Å². The van der Waals surface area contributed by atoms with Crippen LogP contribution in [-0.2, 0) is 34.1 Å². The third-order valence-corrected chi connectivity index (χ3v) is 7.32. The first-order valence-electron chi connectivity index (χ1n) is 9.40. The van der Waals surface area contributed by atoms with Gasteiger partial charge in [0, 0.05) is 32.3 Å². The van der Waals surface area contributed by atoms with Gasteiger partial charge in [-0.05, 0) is 25.7 Å². The van der Waals surface area contributed by atoms with E-state index in [9.17, 15) is 18.0 Å². The highest BCUT2D eigenvalue weighted by Gasteiger charge is 2.37. The summed E-state index contributed by atoms with van der Waals surface area (Å²) in [5, 5.41) is 3.82. The summed E-state index contributed by atoms with van der Waals surface area (Å²) in [5.74, 6) is 0.482. The molecule has 1 aliphatic heterocycles. The lowest BCUT2D eigenvalue weighted by atomic mass is 9.94. The summed E-state index contributed by atoms with van der Waals surface area (Å²) in [6.07, 6.45) is 8.06. The fourth-order valence-corrected chi connectivity index (χ4v) is 5.66. The average molecular weight is 385 g/mol. The van der Waals surface area contributed by atoms with E-state index in [4.69, 9.17) is 0 Å². The van der Waals surface area contributed by atoms with Crippen molar-refractivity contribution < 1.29 is 13.2 Å². The molecule has 1 amide bonds. The summed E-state index contributed by atoms with van der Waals surface area (Å²) in [6, 6.07) is -0.331. The molecule has 0 saturated heterocycles. The summed E-state index contributed by atoms with van der Waals surface area (Å²) in [7, 11) is -1.58. The van der Waals surface area contributed by atoms with Crippen LogP contribution in [0, 0.1) is 0 Å². The largest absolute Gasteiger partial charge is 0.346 e. The molecule has 0 bridgehead atoms. The Labute approximate surface area is 154 Å². The van der Waals surface area contributed by atoms with Crippen molar-refractivity contribution >= 4 is 15.7 Å². The van der Waals surface area contributed by atoms with Gasteiger partial charge in [0.1, 0.15) is 12.4 Å². The topological polar surface area (TPSA) is 94.3 Å². The van der Waals surface area contributed by atoms with Crippen LogP contribution >= 0.6 is 0 Å². The molecular formula is C17H28N4O4S. The highest BCUT2D eigenvalue weighted by molar-refractivity contribution is 7.91. The molecule has 1 aromatic rings. The molecule has 0 aromatic carbocycles. The van der Waals surface area contributed by atoms with Crippen molar-refractivity contribution in [2.75, 3.05) is 13.3 Å². The summed E-state index contributed by atoms with van der Waals surface area (Å²) < 4.78 is 27.1. The minimum Gasteiger partial charge on any atom is -0.340 e. The van der Waals surface area contributed by atoms with Crippen LogP contribution in [0.3, 0.4) is 0 Å². The normalized spacial score (nSPS) is 23.9. The van der Waals surface area contributed by atoms with Crippen molar-refractivity contribution in [2.45, 2.75) is 75.7 Å². The van der Waals surface area contributed by atoms with Crippen molar-refractivity contribution in [1.29, 1.82) is 0 Å². The minimum absolute atomic E-state index is 0.137. The molecule has 2 atom stereocenters. The third kappa shape index (κ3) is 3.87. The number of nitrogens with zero attached hydrogens (tertiary/aromatic N) is 4. The van der Waals surface area contributed by atoms with E-state index in [1.165, 1.54) is 15.8 Å². The van der Waals surface area contributed by atoms with Crippen LogP contribution < -0.4 is 5.69 Å². The van der Waals surface area contributed by atoms with Gasteiger partial charge in [-0.1, -0.05) is 19.3 Å². The van der Waals surface area contributed by atoms with Gasteiger partial charge in [0.25, 0.3) is 0 Å². The van der Waals surface area contributed by atoms with Gasteiger partial charge < -0.3 is 4.90 Å². The summed E-state index contributed by atoms with van der Waals surface area (Å²) >= 11 is 0. The van der Waals surface area contributed by atoms with E-state index in [-0.39, 0.29) is 24.2 Å². The lowest BCUT2D eigenvalue weighted by Gasteiger charge is -2.36. The van der Waals surface area contributed by atoms with E-state index in [0.717, 1.165) is 44.3 Å². The Morgan fingerprint density at radius 3 is 2.65 bits per heavy atom. The molecular weight excluding hydrogens is 356 g/mol. The zero-order chi connectivity index (χ0) is 18.9. The van der Waals surface area contributed by atoms with Gasteiger partial charge in [0.15, 0.2) is 9.84 Å². The maximum atomic E-state index is 12.7. The van der Waals surface area contributed by atoms with E-state index in [2.05, 4.69) is 5.10 Å². The second-order valence-corrected chi connectivity index (χ2v) is 9.81. The number of hydrogen-bond acceptors (Lipinski definition) is 5. The van der Waals surface area contributed by atoms with E-state index in [0.29, 0.717) is 19.4 Å².